The van der Waals surface area contributed by atoms with Crippen molar-refractivity contribution < 1.29 is 0 Å². The van der Waals surface area contributed by atoms with Crippen molar-refractivity contribution >= 4 is 17.2 Å². The fourth-order valence-corrected chi connectivity index (χ4v) is 2.45. The van der Waals surface area contributed by atoms with Crippen LogP contribution < -0.4 is 5.56 Å². The van der Waals surface area contributed by atoms with Crippen LogP contribution in [0, 0.1) is 19.8 Å². The Bertz CT molecular complexity index is 659. The highest BCUT2D eigenvalue weighted by Crippen LogP contribution is 2.16. The van der Waals surface area contributed by atoms with Gasteiger partial charge >= 0.3 is 0 Å². The fraction of sp³-hybridized carbons (Fsp3) is 0.429. The highest BCUT2D eigenvalue weighted by atomic mass is 35.5. The Morgan fingerprint density at radius 3 is 2.61 bits per heavy atom. The zero-order valence-electron chi connectivity index (χ0n) is 11.1. The molecule has 4 heteroatoms. The van der Waals surface area contributed by atoms with Gasteiger partial charge in [-0.25, -0.2) is 4.98 Å². The smallest absolute Gasteiger partial charge is 0.262 e. The van der Waals surface area contributed by atoms with Crippen molar-refractivity contribution in [1.29, 1.82) is 0 Å². The van der Waals surface area contributed by atoms with E-state index in [1.165, 1.54) is 0 Å². The summed E-state index contributed by atoms with van der Waals surface area (Å²) in [7, 11) is 0. The average Bonchev–Trinajstić information content (AvgIpc) is 2.22. The molecule has 0 fully saturated rings. The summed E-state index contributed by atoms with van der Waals surface area (Å²) in [6.07, 6.45) is 0.654. The molecule has 0 amide bonds. The van der Waals surface area contributed by atoms with Gasteiger partial charge in [-0.2, -0.15) is 0 Å². The Hall–Kier alpha value is -1.35. The van der Waals surface area contributed by atoms with Crippen LogP contribution in [0.25, 0.3) is 5.65 Å². The van der Waals surface area contributed by atoms with Crippen molar-refractivity contribution in [2.75, 3.05) is 0 Å². The summed E-state index contributed by atoms with van der Waals surface area (Å²) in [6.45, 7) is 8.02. The van der Waals surface area contributed by atoms with E-state index in [0.717, 1.165) is 11.3 Å². The standard InChI is InChI=1S/C14H17ClN2O/c1-8(2)5-11-13(15)16-12-7-9(3)6-10(4)17(12)14(11)18/h6-8H,5H2,1-4H3. The van der Waals surface area contributed by atoms with Gasteiger partial charge < -0.3 is 0 Å². The Balaban J connectivity index is 2.81. The van der Waals surface area contributed by atoms with Crippen LogP contribution in [0.4, 0.5) is 0 Å². The van der Waals surface area contributed by atoms with Crippen molar-refractivity contribution in [2.24, 2.45) is 5.92 Å². The maximum atomic E-state index is 12.5. The van der Waals surface area contributed by atoms with Gasteiger partial charge in [0, 0.05) is 5.69 Å². The Morgan fingerprint density at radius 2 is 2.00 bits per heavy atom. The van der Waals surface area contributed by atoms with Gasteiger partial charge in [0.15, 0.2) is 0 Å². The number of rotatable bonds is 2. The quantitative estimate of drug-likeness (QED) is 0.781. The zero-order chi connectivity index (χ0) is 13.4. The molecule has 18 heavy (non-hydrogen) atoms. The van der Waals surface area contributed by atoms with Crippen LogP contribution >= 0.6 is 11.6 Å². The van der Waals surface area contributed by atoms with E-state index in [9.17, 15) is 4.79 Å². The van der Waals surface area contributed by atoms with E-state index in [0.29, 0.717) is 28.7 Å². The minimum Gasteiger partial charge on any atom is -0.269 e. The zero-order valence-corrected chi connectivity index (χ0v) is 11.9. The van der Waals surface area contributed by atoms with Gasteiger partial charge in [-0.1, -0.05) is 25.4 Å². The van der Waals surface area contributed by atoms with E-state index in [2.05, 4.69) is 18.8 Å². The van der Waals surface area contributed by atoms with Crippen molar-refractivity contribution in [3.05, 3.63) is 44.5 Å². The van der Waals surface area contributed by atoms with Crippen molar-refractivity contribution in [3.63, 3.8) is 0 Å². The van der Waals surface area contributed by atoms with E-state index < -0.39 is 0 Å². The monoisotopic (exact) mass is 264 g/mol. The summed E-state index contributed by atoms with van der Waals surface area (Å²) >= 11 is 6.13. The summed E-state index contributed by atoms with van der Waals surface area (Å²) in [6, 6.07) is 3.85. The second kappa shape index (κ2) is 4.73. The molecule has 0 N–H and O–H groups in total. The van der Waals surface area contributed by atoms with Crippen LogP contribution in [0.5, 0.6) is 0 Å². The first-order chi connectivity index (χ1) is 8.40. The third-order valence-corrected chi connectivity index (χ3v) is 3.22. The highest BCUT2D eigenvalue weighted by molar-refractivity contribution is 6.30. The van der Waals surface area contributed by atoms with Crippen LogP contribution in [0.15, 0.2) is 16.9 Å². The molecule has 0 unspecified atom stereocenters. The molecule has 2 aromatic heterocycles. The first kappa shape index (κ1) is 13.1. The maximum absolute atomic E-state index is 12.5. The van der Waals surface area contributed by atoms with Gasteiger partial charge in [-0.15, -0.1) is 0 Å². The molecular weight excluding hydrogens is 248 g/mol. The number of hydrogen-bond acceptors (Lipinski definition) is 2. The predicted octanol–water partition coefficient (Wildman–Crippen LogP) is 3.16. The lowest BCUT2D eigenvalue weighted by Gasteiger charge is -2.11. The molecule has 2 heterocycles. The maximum Gasteiger partial charge on any atom is 0.262 e. The third kappa shape index (κ3) is 2.27. The lowest BCUT2D eigenvalue weighted by Crippen LogP contribution is -2.23. The van der Waals surface area contributed by atoms with Gasteiger partial charge in [-0.3, -0.25) is 9.20 Å². The molecule has 0 aliphatic carbocycles. The molecule has 3 nitrogen and oxygen atoms in total. The van der Waals surface area contributed by atoms with Crippen molar-refractivity contribution in [3.8, 4) is 0 Å². The molecule has 0 aliphatic heterocycles. The predicted molar refractivity (Wildman–Crippen MR) is 74.5 cm³/mol. The molecule has 2 aromatic rings. The van der Waals surface area contributed by atoms with Crippen molar-refractivity contribution in [2.45, 2.75) is 34.1 Å². The average molecular weight is 265 g/mol. The van der Waals surface area contributed by atoms with E-state index in [-0.39, 0.29) is 5.56 Å². The number of fused-ring (bicyclic) bond motifs is 1. The molecule has 2 rings (SSSR count). The second-order valence-electron chi connectivity index (χ2n) is 5.15. The van der Waals surface area contributed by atoms with Gasteiger partial charge in [0.25, 0.3) is 5.56 Å². The minimum atomic E-state index is -0.0452. The van der Waals surface area contributed by atoms with Gasteiger partial charge in [0.2, 0.25) is 0 Å². The third-order valence-electron chi connectivity index (χ3n) is 2.91. The molecule has 0 atom stereocenters. The van der Waals surface area contributed by atoms with Crippen LogP contribution in [-0.2, 0) is 6.42 Å². The molecule has 0 radical (unpaired) electrons. The Morgan fingerprint density at radius 1 is 1.33 bits per heavy atom. The number of pyridine rings is 1. The highest BCUT2D eigenvalue weighted by Gasteiger charge is 2.13. The SMILES string of the molecule is Cc1cc(C)n2c(=O)c(CC(C)C)c(Cl)nc2c1. The number of aryl methyl sites for hydroxylation is 2. The summed E-state index contributed by atoms with van der Waals surface area (Å²) in [4.78, 5) is 16.8. The lowest BCUT2D eigenvalue weighted by atomic mass is 10.1. The van der Waals surface area contributed by atoms with Crippen LogP contribution in [-0.4, -0.2) is 9.38 Å². The van der Waals surface area contributed by atoms with Crippen LogP contribution in [0.1, 0.15) is 30.7 Å². The van der Waals surface area contributed by atoms with E-state index in [1.54, 1.807) is 4.40 Å². The number of hydrogen-bond donors (Lipinski definition) is 0. The summed E-state index contributed by atoms with van der Waals surface area (Å²) < 4.78 is 1.64. The van der Waals surface area contributed by atoms with Crippen LogP contribution in [0.3, 0.4) is 0 Å². The largest absolute Gasteiger partial charge is 0.269 e. The number of aromatic nitrogens is 2. The number of halogens is 1. The summed E-state index contributed by atoms with van der Waals surface area (Å²) in [5.74, 6) is 0.376. The Labute approximate surface area is 111 Å². The molecule has 0 aliphatic rings. The molecule has 0 saturated carbocycles. The van der Waals surface area contributed by atoms with Gasteiger partial charge in [-0.05, 0) is 43.9 Å². The van der Waals surface area contributed by atoms with E-state index in [1.807, 2.05) is 26.0 Å². The normalized spacial score (nSPS) is 11.4. The number of nitrogens with zero attached hydrogens (tertiary/aromatic N) is 2. The minimum absolute atomic E-state index is 0.0452. The van der Waals surface area contributed by atoms with Crippen LogP contribution in [0.2, 0.25) is 5.15 Å². The summed E-state index contributed by atoms with van der Waals surface area (Å²) in [5.41, 5.74) is 3.15. The first-order valence-electron chi connectivity index (χ1n) is 6.08. The molecular formula is C14H17ClN2O. The Kier molecular flexibility index (Phi) is 3.44. The van der Waals surface area contributed by atoms with Gasteiger partial charge in [0.05, 0.1) is 5.56 Å². The van der Waals surface area contributed by atoms with Crippen molar-refractivity contribution in [1.82, 2.24) is 9.38 Å². The molecule has 0 spiro atoms. The fourth-order valence-electron chi connectivity index (χ4n) is 2.20. The second-order valence-corrected chi connectivity index (χ2v) is 5.51. The van der Waals surface area contributed by atoms with E-state index >= 15 is 0 Å². The molecule has 0 aromatic carbocycles. The first-order valence-corrected chi connectivity index (χ1v) is 6.46. The van der Waals surface area contributed by atoms with Gasteiger partial charge in [0.1, 0.15) is 10.8 Å². The molecule has 96 valence electrons. The molecule has 0 bridgehead atoms. The molecule has 0 saturated heterocycles. The topological polar surface area (TPSA) is 34.4 Å². The lowest BCUT2D eigenvalue weighted by molar-refractivity contribution is 0.638. The van der Waals surface area contributed by atoms with E-state index in [4.69, 9.17) is 11.6 Å². The summed E-state index contributed by atoms with van der Waals surface area (Å²) in [5, 5.41) is 0.332.